The average molecular weight is 357 g/mol. The summed E-state index contributed by atoms with van der Waals surface area (Å²) >= 11 is 0. The van der Waals surface area contributed by atoms with Crippen molar-refractivity contribution < 1.29 is 18.7 Å². The van der Waals surface area contributed by atoms with E-state index in [1.807, 2.05) is 6.07 Å². The standard InChI is InChI=1S/C22H15NO4/c1-26-22(25)17-9-7-15(8-10-17)20-12-11-19(27-20)13-18(14-23)21(24)16-5-3-2-4-6-16/h2-13H,1H3/b18-13+. The molecule has 0 bridgehead atoms. The molecule has 3 rings (SSSR count). The van der Waals surface area contributed by atoms with Gasteiger partial charge in [0.05, 0.1) is 12.7 Å². The molecule has 5 nitrogen and oxygen atoms in total. The quantitative estimate of drug-likeness (QED) is 0.290. The Morgan fingerprint density at radius 1 is 0.963 bits per heavy atom. The Balaban J connectivity index is 1.84. The molecule has 1 aromatic heterocycles. The van der Waals surface area contributed by atoms with Crippen molar-refractivity contribution in [2.45, 2.75) is 0 Å². The molecular formula is C22H15NO4. The minimum absolute atomic E-state index is 0.0110. The summed E-state index contributed by atoms with van der Waals surface area (Å²) in [7, 11) is 1.32. The maximum absolute atomic E-state index is 12.4. The largest absolute Gasteiger partial charge is 0.465 e. The van der Waals surface area contributed by atoms with Crippen LogP contribution in [0.1, 0.15) is 26.5 Å². The van der Waals surface area contributed by atoms with E-state index in [0.717, 1.165) is 5.56 Å². The molecule has 132 valence electrons. The average Bonchev–Trinajstić information content (AvgIpc) is 3.20. The molecule has 1 heterocycles. The molecule has 0 aliphatic heterocycles. The molecule has 2 aromatic carbocycles. The number of rotatable bonds is 5. The van der Waals surface area contributed by atoms with Crippen molar-refractivity contribution in [3.63, 3.8) is 0 Å². The summed E-state index contributed by atoms with van der Waals surface area (Å²) in [4.78, 5) is 23.9. The molecule has 0 fully saturated rings. The fourth-order valence-electron chi connectivity index (χ4n) is 2.51. The minimum Gasteiger partial charge on any atom is -0.465 e. The van der Waals surface area contributed by atoms with E-state index >= 15 is 0 Å². The van der Waals surface area contributed by atoms with Crippen molar-refractivity contribution >= 4 is 17.8 Å². The number of furan rings is 1. The highest BCUT2D eigenvalue weighted by Crippen LogP contribution is 2.24. The molecule has 0 aliphatic carbocycles. The number of hydrogen-bond acceptors (Lipinski definition) is 5. The highest BCUT2D eigenvalue weighted by atomic mass is 16.5. The number of methoxy groups -OCH3 is 1. The van der Waals surface area contributed by atoms with Gasteiger partial charge < -0.3 is 9.15 Å². The van der Waals surface area contributed by atoms with Crippen LogP contribution in [0.4, 0.5) is 0 Å². The van der Waals surface area contributed by atoms with Gasteiger partial charge in [0, 0.05) is 17.2 Å². The lowest BCUT2D eigenvalue weighted by molar-refractivity contribution is 0.0600. The maximum Gasteiger partial charge on any atom is 0.337 e. The van der Waals surface area contributed by atoms with Crippen LogP contribution in [0.3, 0.4) is 0 Å². The summed E-state index contributed by atoms with van der Waals surface area (Å²) in [6.45, 7) is 0. The number of allylic oxidation sites excluding steroid dienone is 1. The number of hydrogen-bond donors (Lipinski definition) is 0. The fourth-order valence-corrected chi connectivity index (χ4v) is 2.51. The molecule has 0 saturated carbocycles. The van der Waals surface area contributed by atoms with Crippen LogP contribution in [0.2, 0.25) is 0 Å². The second-order valence-electron chi connectivity index (χ2n) is 5.64. The third kappa shape index (κ3) is 4.02. The third-order valence-electron chi connectivity index (χ3n) is 3.90. The first-order valence-electron chi connectivity index (χ1n) is 8.12. The van der Waals surface area contributed by atoms with Crippen LogP contribution in [0, 0.1) is 11.3 Å². The summed E-state index contributed by atoms with van der Waals surface area (Å²) in [5.74, 6) is 0.172. The van der Waals surface area contributed by atoms with E-state index in [0.29, 0.717) is 22.6 Å². The lowest BCUT2D eigenvalue weighted by Gasteiger charge is -2.01. The predicted octanol–water partition coefficient (Wildman–Crippen LogP) is 4.52. The second-order valence-corrected chi connectivity index (χ2v) is 5.64. The molecule has 0 atom stereocenters. The van der Waals surface area contributed by atoms with Crippen molar-refractivity contribution in [2.75, 3.05) is 7.11 Å². The molecule has 0 N–H and O–H groups in total. The molecule has 0 saturated heterocycles. The second kappa shape index (κ2) is 7.98. The van der Waals surface area contributed by atoms with E-state index in [-0.39, 0.29) is 11.4 Å². The van der Waals surface area contributed by atoms with Crippen LogP contribution in [0.25, 0.3) is 17.4 Å². The van der Waals surface area contributed by atoms with E-state index in [2.05, 4.69) is 4.74 Å². The maximum atomic E-state index is 12.4. The molecule has 0 radical (unpaired) electrons. The van der Waals surface area contributed by atoms with Gasteiger partial charge in [-0.05, 0) is 24.3 Å². The molecule has 3 aromatic rings. The van der Waals surface area contributed by atoms with Crippen molar-refractivity contribution in [3.8, 4) is 17.4 Å². The number of benzene rings is 2. The van der Waals surface area contributed by atoms with Gasteiger partial charge in [0.15, 0.2) is 0 Å². The van der Waals surface area contributed by atoms with Crippen LogP contribution in [-0.4, -0.2) is 18.9 Å². The number of nitrogens with zero attached hydrogens (tertiary/aromatic N) is 1. The summed E-state index contributed by atoms with van der Waals surface area (Å²) in [6, 6.07) is 20.7. The molecule has 0 unspecified atom stereocenters. The number of nitriles is 1. The van der Waals surface area contributed by atoms with Gasteiger partial charge in [-0.1, -0.05) is 42.5 Å². The Labute approximate surface area is 156 Å². The first-order valence-corrected chi connectivity index (χ1v) is 8.12. The molecule has 0 aliphatic rings. The predicted molar refractivity (Wildman–Crippen MR) is 99.8 cm³/mol. The first-order chi connectivity index (χ1) is 13.1. The van der Waals surface area contributed by atoms with Crippen LogP contribution in [0.5, 0.6) is 0 Å². The van der Waals surface area contributed by atoms with E-state index < -0.39 is 5.97 Å². The number of esters is 1. The zero-order valence-electron chi connectivity index (χ0n) is 14.5. The molecular weight excluding hydrogens is 342 g/mol. The highest BCUT2D eigenvalue weighted by Gasteiger charge is 2.13. The van der Waals surface area contributed by atoms with Gasteiger partial charge in [0.1, 0.15) is 23.2 Å². The molecule has 0 amide bonds. The number of carbonyl (C=O) groups is 2. The van der Waals surface area contributed by atoms with Gasteiger partial charge in [-0.25, -0.2) is 4.79 Å². The van der Waals surface area contributed by atoms with E-state index in [1.54, 1.807) is 66.7 Å². The van der Waals surface area contributed by atoms with Gasteiger partial charge in [-0.3, -0.25) is 4.79 Å². The molecule has 0 spiro atoms. The van der Waals surface area contributed by atoms with Gasteiger partial charge in [0.2, 0.25) is 5.78 Å². The zero-order chi connectivity index (χ0) is 19.2. The van der Waals surface area contributed by atoms with Gasteiger partial charge in [-0.15, -0.1) is 0 Å². The normalized spacial score (nSPS) is 10.9. The smallest absolute Gasteiger partial charge is 0.337 e. The van der Waals surface area contributed by atoms with Gasteiger partial charge in [0.25, 0.3) is 0 Å². The Kier molecular flexibility index (Phi) is 5.29. The van der Waals surface area contributed by atoms with E-state index in [4.69, 9.17) is 4.42 Å². The minimum atomic E-state index is -0.414. The van der Waals surface area contributed by atoms with Crippen molar-refractivity contribution in [3.05, 3.63) is 89.2 Å². The first kappa shape index (κ1) is 17.9. The molecule has 5 heteroatoms. The summed E-state index contributed by atoms with van der Waals surface area (Å²) in [5.41, 5.74) is 1.63. The van der Waals surface area contributed by atoms with Crippen molar-refractivity contribution in [1.29, 1.82) is 5.26 Å². The SMILES string of the molecule is COC(=O)c1ccc(-c2ccc(/C=C(\C#N)C(=O)c3ccccc3)o2)cc1. The van der Waals surface area contributed by atoms with Crippen molar-refractivity contribution in [1.82, 2.24) is 0 Å². The number of Topliss-reactive ketones (excluding diaryl/α,β-unsaturated/α-hetero) is 1. The van der Waals surface area contributed by atoms with E-state index in [1.165, 1.54) is 13.2 Å². The van der Waals surface area contributed by atoms with Gasteiger partial charge >= 0.3 is 5.97 Å². The van der Waals surface area contributed by atoms with Crippen LogP contribution in [-0.2, 0) is 4.74 Å². The summed E-state index contributed by atoms with van der Waals surface area (Å²) < 4.78 is 10.4. The fraction of sp³-hybridized carbons (Fsp3) is 0.0455. The van der Waals surface area contributed by atoms with Crippen LogP contribution < -0.4 is 0 Å². The topological polar surface area (TPSA) is 80.3 Å². The lowest BCUT2D eigenvalue weighted by Crippen LogP contribution is -2.01. The van der Waals surface area contributed by atoms with Crippen LogP contribution in [0.15, 0.2) is 76.7 Å². The summed E-state index contributed by atoms with van der Waals surface area (Å²) in [6.07, 6.45) is 1.42. The summed E-state index contributed by atoms with van der Waals surface area (Å²) in [5, 5.41) is 9.32. The number of ketones is 1. The molecule has 27 heavy (non-hydrogen) atoms. The van der Waals surface area contributed by atoms with E-state index in [9.17, 15) is 14.9 Å². The van der Waals surface area contributed by atoms with Crippen LogP contribution >= 0.6 is 0 Å². The zero-order valence-corrected chi connectivity index (χ0v) is 14.5. The van der Waals surface area contributed by atoms with Gasteiger partial charge in [-0.2, -0.15) is 5.26 Å². The number of ether oxygens (including phenoxy) is 1. The Bertz CT molecular complexity index is 1040. The van der Waals surface area contributed by atoms with Crippen molar-refractivity contribution in [2.24, 2.45) is 0 Å². The Morgan fingerprint density at radius 2 is 1.67 bits per heavy atom. The Morgan fingerprint density at radius 3 is 2.30 bits per heavy atom. The lowest BCUT2D eigenvalue weighted by atomic mass is 10.0. The monoisotopic (exact) mass is 357 g/mol. The highest BCUT2D eigenvalue weighted by molar-refractivity contribution is 6.13. The Hall–Kier alpha value is -3.91. The number of carbonyl (C=O) groups excluding carboxylic acids is 2. The third-order valence-corrected chi connectivity index (χ3v) is 3.90.